The summed E-state index contributed by atoms with van der Waals surface area (Å²) >= 11 is 3.29. The molecule has 3 rings (SSSR count). The summed E-state index contributed by atoms with van der Waals surface area (Å²) in [5, 5.41) is 4.91. The Morgan fingerprint density at radius 2 is 2.24 bits per heavy atom. The van der Waals surface area contributed by atoms with Crippen molar-refractivity contribution in [1.82, 2.24) is 15.2 Å². The Morgan fingerprint density at radius 3 is 3.08 bits per heavy atom. The van der Waals surface area contributed by atoms with Crippen molar-refractivity contribution >= 4 is 34.9 Å². The van der Waals surface area contributed by atoms with Gasteiger partial charge in [0.2, 0.25) is 11.8 Å². The number of nitrogens with zero attached hydrogens (tertiary/aromatic N) is 2. The quantitative estimate of drug-likeness (QED) is 0.808. The number of pyridine rings is 1. The van der Waals surface area contributed by atoms with Crippen LogP contribution in [0.2, 0.25) is 0 Å². The number of hydrogen-bond acceptors (Lipinski definition) is 5. The molecule has 0 saturated carbocycles. The third-order valence-corrected chi connectivity index (χ3v) is 6.02. The Hall–Kier alpha value is -1.86. The molecule has 1 aliphatic heterocycles. The summed E-state index contributed by atoms with van der Waals surface area (Å²) in [6.45, 7) is 1.88. The van der Waals surface area contributed by atoms with E-state index in [9.17, 15) is 9.59 Å². The van der Waals surface area contributed by atoms with E-state index in [1.54, 1.807) is 17.5 Å². The largest absolute Gasteiger partial charge is 0.355 e. The second-order valence-electron chi connectivity index (χ2n) is 5.85. The second-order valence-corrected chi connectivity index (χ2v) is 7.83. The third-order valence-electron chi connectivity index (χ3n) is 4.03. The van der Waals surface area contributed by atoms with Crippen LogP contribution in [0.1, 0.15) is 22.6 Å². The number of thiophene rings is 1. The Bertz CT molecular complexity index is 718. The topological polar surface area (TPSA) is 62.3 Å². The Balaban J connectivity index is 1.31. The van der Waals surface area contributed by atoms with Crippen molar-refractivity contribution in [2.75, 3.05) is 18.8 Å². The Morgan fingerprint density at radius 1 is 1.32 bits per heavy atom. The molecular formula is C18H21N3O2S2. The van der Waals surface area contributed by atoms with Crippen LogP contribution in [0, 0.1) is 0 Å². The van der Waals surface area contributed by atoms with Crippen LogP contribution in [0.3, 0.4) is 0 Å². The van der Waals surface area contributed by atoms with Gasteiger partial charge in [-0.2, -0.15) is 0 Å². The summed E-state index contributed by atoms with van der Waals surface area (Å²) < 4.78 is 0. The monoisotopic (exact) mass is 375 g/mol. The average molecular weight is 376 g/mol. The second kappa shape index (κ2) is 9.01. The molecule has 0 saturated heterocycles. The van der Waals surface area contributed by atoms with Gasteiger partial charge in [-0.3, -0.25) is 14.6 Å². The minimum Gasteiger partial charge on any atom is -0.355 e. The van der Waals surface area contributed by atoms with Gasteiger partial charge in [0, 0.05) is 42.9 Å². The van der Waals surface area contributed by atoms with Gasteiger partial charge in [0.1, 0.15) is 0 Å². The lowest BCUT2D eigenvalue weighted by Gasteiger charge is -2.27. The zero-order valence-electron chi connectivity index (χ0n) is 13.9. The fraction of sp³-hybridized carbons (Fsp3) is 0.389. The molecule has 0 aliphatic carbocycles. The van der Waals surface area contributed by atoms with Crippen LogP contribution in [0.25, 0.3) is 0 Å². The number of rotatable bonds is 7. The standard InChI is InChI=1S/C18H21N3O2S2/c22-17(13-24-12-15-3-1-2-7-19-15)20-8-4-18(23)21-9-5-16-14(11-21)6-10-25-16/h1-3,6-7,10H,4-5,8-9,11-13H2,(H,20,22). The van der Waals surface area contributed by atoms with Crippen molar-refractivity contribution in [3.8, 4) is 0 Å². The fourth-order valence-corrected chi connectivity index (χ4v) is 4.37. The molecule has 0 unspecified atom stereocenters. The number of thioether (sulfide) groups is 1. The number of carbonyl (C=O) groups excluding carboxylic acids is 2. The van der Waals surface area contributed by atoms with Gasteiger partial charge < -0.3 is 10.2 Å². The maximum atomic E-state index is 12.3. The lowest BCUT2D eigenvalue weighted by molar-refractivity contribution is -0.132. The van der Waals surface area contributed by atoms with E-state index in [1.165, 1.54) is 22.2 Å². The Labute approximate surface area is 155 Å². The highest BCUT2D eigenvalue weighted by atomic mass is 32.2. The van der Waals surface area contributed by atoms with Crippen molar-refractivity contribution < 1.29 is 9.59 Å². The summed E-state index contributed by atoms with van der Waals surface area (Å²) in [5.74, 6) is 1.17. The van der Waals surface area contributed by atoms with Crippen LogP contribution < -0.4 is 5.32 Å². The number of amides is 2. The third kappa shape index (κ3) is 5.31. The van der Waals surface area contributed by atoms with Gasteiger partial charge in [-0.05, 0) is 35.6 Å². The van der Waals surface area contributed by atoms with Gasteiger partial charge in [0.25, 0.3) is 0 Å². The molecule has 0 fully saturated rings. The predicted molar refractivity (Wildman–Crippen MR) is 101 cm³/mol. The summed E-state index contributed by atoms with van der Waals surface area (Å²) in [5.41, 5.74) is 2.23. The van der Waals surface area contributed by atoms with Gasteiger partial charge in [-0.1, -0.05) is 6.07 Å². The van der Waals surface area contributed by atoms with E-state index in [1.807, 2.05) is 23.1 Å². The summed E-state index contributed by atoms with van der Waals surface area (Å²) in [7, 11) is 0. The van der Waals surface area contributed by atoms with E-state index in [2.05, 4.69) is 21.7 Å². The van der Waals surface area contributed by atoms with Gasteiger partial charge in [-0.25, -0.2) is 0 Å². The fourth-order valence-electron chi connectivity index (χ4n) is 2.71. The molecule has 0 aromatic carbocycles. The normalized spacial score (nSPS) is 13.4. The van der Waals surface area contributed by atoms with Crippen molar-refractivity contribution in [1.29, 1.82) is 0 Å². The highest BCUT2D eigenvalue weighted by Gasteiger charge is 2.21. The van der Waals surface area contributed by atoms with Crippen LogP contribution in [-0.2, 0) is 28.3 Å². The molecule has 0 atom stereocenters. The minimum atomic E-state index is -0.0347. The van der Waals surface area contributed by atoms with Gasteiger partial charge in [0.05, 0.1) is 11.4 Å². The molecule has 5 nitrogen and oxygen atoms in total. The molecule has 1 aliphatic rings. The van der Waals surface area contributed by atoms with Gasteiger partial charge >= 0.3 is 0 Å². The van der Waals surface area contributed by atoms with Gasteiger partial charge in [0.15, 0.2) is 0 Å². The Kier molecular flexibility index (Phi) is 6.47. The van der Waals surface area contributed by atoms with E-state index in [0.29, 0.717) is 31.0 Å². The van der Waals surface area contributed by atoms with E-state index in [-0.39, 0.29) is 11.8 Å². The van der Waals surface area contributed by atoms with E-state index in [4.69, 9.17) is 0 Å². The maximum Gasteiger partial charge on any atom is 0.230 e. The zero-order valence-corrected chi connectivity index (χ0v) is 15.6. The molecular weight excluding hydrogens is 354 g/mol. The molecule has 2 aromatic rings. The molecule has 1 N–H and O–H groups in total. The smallest absolute Gasteiger partial charge is 0.230 e. The van der Waals surface area contributed by atoms with Crippen LogP contribution in [-0.4, -0.2) is 40.5 Å². The first kappa shape index (κ1) is 17.9. The predicted octanol–water partition coefficient (Wildman–Crippen LogP) is 2.47. The van der Waals surface area contributed by atoms with E-state index >= 15 is 0 Å². The average Bonchev–Trinajstić information content (AvgIpc) is 3.10. The molecule has 0 radical (unpaired) electrons. The van der Waals surface area contributed by atoms with Crippen molar-refractivity contribution in [3.63, 3.8) is 0 Å². The zero-order chi connectivity index (χ0) is 17.5. The number of hydrogen-bond donors (Lipinski definition) is 1. The van der Waals surface area contributed by atoms with Crippen LogP contribution in [0.4, 0.5) is 0 Å². The first-order valence-electron chi connectivity index (χ1n) is 8.30. The molecule has 132 valence electrons. The lowest BCUT2D eigenvalue weighted by atomic mass is 10.1. The first-order valence-corrected chi connectivity index (χ1v) is 10.3. The molecule has 2 aromatic heterocycles. The lowest BCUT2D eigenvalue weighted by Crippen LogP contribution is -2.37. The molecule has 3 heterocycles. The number of nitrogens with one attached hydrogen (secondary N) is 1. The summed E-state index contributed by atoms with van der Waals surface area (Å²) in [4.78, 5) is 31.6. The molecule has 25 heavy (non-hydrogen) atoms. The first-order chi connectivity index (χ1) is 12.2. The van der Waals surface area contributed by atoms with Crippen LogP contribution in [0.15, 0.2) is 35.8 Å². The van der Waals surface area contributed by atoms with E-state index < -0.39 is 0 Å². The highest BCUT2D eigenvalue weighted by molar-refractivity contribution is 7.99. The van der Waals surface area contributed by atoms with Crippen molar-refractivity contribution in [3.05, 3.63) is 52.0 Å². The minimum absolute atomic E-state index is 0.0347. The van der Waals surface area contributed by atoms with Crippen molar-refractivity contribution in [2.24, 2.45) is 0 Å². The molecule has 0 spiro atoms. The molecule has 0 bridgehead atoms. The number of fused-ring (bicyclic) bond motifs is 1. The molecule has 2 amide bonds. The van der Waals surface area contributed by atoms with E-state index in [0.717, 1.165) is 18.7 Å². The number of carbonyl (C=O) groups is 2. The highest BCUT2D eigenvalue weighted by Crippen LogP contribution is 2.24. The van der Waals surface area contributed by atoms with Gasteiger partial charge in [-0.15, -0.1) is 23.1 Å². The number of aromatic nitrogens is 1. The SMILES string of the molecule is O=C(CSCc1ccccn1)NCCC(=O)N1CCc2sccc2C1. The molecule has 7 heteroatoms. The van der Waals surface area contributed by atoms with Crippen LogP contribution >= 0.6 is 23.1 Å². The summed E-state index contributed by atoms with van der Waals surface area (Å²) in [6.07, 6.45) is 3.05. The van der Waals surface area contributed by atoms with Crippen LogP contribution in [0.5, 0.6) is 0 Å². The summed E-state index contributed by atoms with van der Waals surface area (Å²) in [6, 6.07) is 7.86. The maximum absolute atomic E-state index is 12.3. The van der Waals surface area contributed by atoms with Crippen molar-refractivity contribution in [2.45, 2.75) is 25.1 Å².